The number of nitro groups is 1. The molecule has 1 aromatic carbocycles. The van der Waals surface area contributed by atoms with E-state index >= 15 is 0 Å². The highest BCUT2D eigenvalue weighted by molar-refractivity contribution is 6.17. The van der Waals surface area contributed by atoms with Gasteiger partial charge in [-0.25, -0.2) is 0 Å². The first-order valence-electron chi connectivity index (χ1n) is 5.85. The van der Waals surface area contributed by atoms with Crippen molar-refractivity contribution in [1.82, 2.24) is 10.3 Å². The van der Waals surface area contributed by atoms with Crippen LogP contribution in [0.15, 0.2) is 36.5 Å². The number of aromatic amines is 1. The van der Waals surface area contributed by atoms with Crippen molar-refractivity contribution in [3.63, 3.8) is 0 Å². The molecule has 20 heavy (non-hydrogen) atoms. The summed E-state index contributed by atoms with van der Waals surface area (Å²) in [6.45, 7) is 0.341. The Bertz CT molecular complexity index is 622. The summed E-state index contributed by atoms with van der Waals surface area (Å²) in [5, 5.41) is 13.2. The molecule has 0 fully saturated rings. The zero-order chi connectivity index (χ0) is 14.5. The molecule has 2 aromatic rings. The molecular formula is C13H12ClN3O3. The highest BCUT2D eigenvalue weighted by atomic mass is 35.5. The van der Waals surface area contributed by atoms with Gasteiger partial charge in [-0.05, 0) is 11.1 Å². The van der Waals surface area contributed by atoms with Gasteiger partial charge in [-0.15, -0.1) is 11.6 Å². The quantitative estimate of drug-likeness (QED) is 0.504. The molecular weight excluding hydrogens is 282 g/mol. The lowest BCUT2D eigenvalue weighted by Gasteiger charge is -2.04. The molecule has 0 aliphatic rings. The summed E-state index contributed by atoms with van der Waals surface area (Å²) in [5.74, 6) is 0.0539. The van der Waals surface area contributed by atoms with E-state index in [2.05, 4.69) is 10.3 Å². The first-order valence-corrected chi connectivity index (χ1v) is 6.38. The van der Waals surface area contributed by atoms with E-state index in [0.717, 1.165) is 11.1 Å². The molecule has 0 aliphatic heterocycles. The molecule has 0 unspecified atom stereocenters. The van der Waals surface area contributed by atoms with Crippen LogP contribution in [0.5, 0.6) is 0 Å². The number of benzene rings is 1. The zero-order valence-electron chi connectivity index (χ0n) is 10.4. The van der Waals surface area contributed by atoms with Gasteiger partial charge < -0.3 is 10.3 Å². The van der Waals surface area contributed by atoms with Crippen LogP contribution in [-0.4, -0.2) is 15.8 Å². The second-order valence-electron chi connectivity index (χ2n) is 4.16. The van der Waals surface area contributed by atoms with E-state index in [0.29, 0.717) is 12.4 Å². The van der Waals surface area contributed by atoms with Gasteiger partial charge in [0.1, 0.15) is 5.69 Å². The van der Waals surface area contributed by atoms with Crippen LogP contribution in [0, 0.1) is 10.1 Å². The monoisotopic (exact) mass is 293 g/mol. The number of carbonyl (C=O) groups is 1. The minimum absolute atomic E-state index is 0.137. The molecule has 0 aliphatic carbocycles. The maximum atomic E-state index is 11.8. The molecule has 0 radical (unpaired) electrons. The Morgan fingerprint density at radius 2 is 1.95 bits per heavy atom. The first-order chi connectivity index (χ1) is 9.60. The lowest BCUT2D eigenvalue weighted by Crippen LogP contribution is -2.23. The number of alkyl halides is 1. The van der Waals surface area contributed by atoms with Gasteiger partial charge in [-0.1, -0.05) is 24.3 Å². The number of amides is 1. The fraction of sp³-hybridized carbons (Fsp3) is 0.154. The number of carbonyl (C=O) groups excluding carboxylic acids is 1. The van der Waals surface area contributed by atoms with Crippen LogP contribution in [-0.2, 0) is 12.4 Å². The molecule has 1 amide bonds. The van der Waals surface area contributed by atoms with Crippen molar-refractivity contribution in [3.8, 4) is 0 Å². The van der Waals surface area contributed by atoms with Crippen LogP contribution in [0.1, 0.15) is 21.6 Å². The summed E-state index contributed by atoms with van der Waals surface area (Å²) in [4.78, 5) is 24.3. The Labute approximate surface area is 119 Å². The third-order valence-corrected chi connectivity index (χ3v) is 3.06. The Morgan fingerprint density at radius 1 is 1.30 bits per heavy atom. The summed E-state index contributed by atoms with van der Waals surface area (Å²) in [7, 11) is 0. The van der Waals surface area contributed by atoms with Crippen LogP contribution < -0.4 is 5.32 Å². The molecule has 2 rings (SSSR count). The number of nitrogens with zero attached hydrogens (tertiary/aromatic N) is 1. The third-order valence-electron chi connectivity index (χ3n) is 2.75. The van der Waals surface area contributed by atoms with Crippen molar-refractivity contribution in [1.29, 1.82) is 0 Å². The number of rotatable bonds is 5. The van der Waals surface area contributed by atoms with Crippen molar-refractivity contribution >= 4 is 23.2 Å². The summed E-state index contributed by atoms with van der Waals surface area (Å²) < 4.78 is 0. The summed E-state index contributed by atoms with van der Waals surface area (Å²) in [6, 6.07) is 8.71. The van der Waals surface area contributed by atoms with Gasteiger partial charge in [0.05, 0.1) is 11.1 Å². The Morgan fingerprint density at radius 3 is 2.50 bits per heavy atom. The maximum Gasteiger partial charge on any atom is 0.287 e. The van der Waals surface area contributed by atoms with Gasteiger partial charge in [0.2, 0.25) is 0 Å². The second-order valence-corrected chi connectivity index (χ2v) is 4.43. The highest BCUT2D eigenvalue weighted by Crippen LogP contribution is 2.12. The average Bonchev–Trinajstić information content (AvgIpc) is 2.95. The van der Waals surface area contributed by atoms with Gasteiger partial charge in [-0.2, -0.15) is 0 Å². The predicted octanol–water partition coefficient (Wildman–Crippen LogP) is 2.59. The fourth-order valence-corrected chi connectivity index (χ4v) is 1.82. The largest absolute Gasteiger partial charge is 0.351 e. The van der Waals surface area contributed by atoms with Crippen LogP contribution in [0.2, 0.25) is 0 Å². The maximum absolute atomic E-state index is 11.8. The molecule has 1 aromatic heterocycles. The van der Waals surface area contributed by atoms with Gasteiger partial charge in [-0.3, -0.25) is 14.9 Å². The Kier molecular flexibility index (Phi) is 4.37. The average molecular weight is 294 g/mol. The van der Waals surface area contributed by atoms with Crippen LogP contribution in [0.3, 0.4) is 0 Å². The fourth-order valence-electron chi connectivity index (χ4n) is 1.64. The van der Waals surface area contributed by atoms with Gasteiger partial charge in [0.15, 0.2) is 0 Å². The number of aromatic nitrogens is 1. The minimum atomic E-state index is -0.557. The summed E-state index contributed by atoms with van der Waals surface area (Å²) in [6.07, 6.45) is 1.18. The van der Waals surface area contributed by atoms with Crippen LogP contribution in [0.25, 0.3) is 0 Å². The topological polar surface area (TPSA) is 88.0 Å². The van der Waals surface area contributed by atoms with Gasteiger partial charge >= 0.3 is 0 Å². The molecule has 0 saturated carbocycles. The lowest BCUT2D eigenvalue weighted by atomic mass is 10.1. The van der Waals surface area contributed by atoms with E-state index in [9.17, 15) is 14.9 Å². The molecule has 0 bridgehead atoms. The molecule has 104 valence electrons. The molecule has 7 heteroatoms. The number of halogens is 1. The van der Waals surface area contributed by atoms with E-state index in [-0.39, 0.29) is 17.3 Å². The number of nitrogens with one attached hydrogen (secondary N) is 2. The number of hydrogen-bond acceptors (Lipinski definition) is 3. The molecule has 0 saturated heterocycles. The zero-order valence-corrected chi connectivity index (χ0v) is 11.2. The first kappa shape index (κ1) is 14.1. The molecule has 0 atom stereocenters. The molecule has 0 spiro atoms. The highest BCUT2D eigenvalue weighted by Gasteiger charge is 2.13. The van der Waals surface area contributed by atoms with Crippen molar-refractivity contribution < 1.29 is 9.72 Å². The number of H-pyrrole nitrogens is 1. The second kappa shape index (κ2) is 6.21. The Hall–Kier alpha value is -2.34. The van der Waals surface area contributed by atoms with Crippen molar-refractivity contribution in [2.75, 3.05) is 0 Å². The lowest BCUT2D eigenvalue weighted by molar-refractivity contribution is -0.384. The Balaban J connectivity index is 1.95. The SMILES string of the molecule is O=C(NCc1ccc(CCl)cc1)c1cc([N+](=O)[O-])c[nH]1. The van der Waals surface area contributed by atoms with E-state index in [1.807, 2.05) is 24.3 Å². The van der Waals surface area contributed by atoms with Gasteiger partial charge in [0.25, 0.3) is 11.6 Å². The van der Waals surface area contributed by atoms with Crippen molar-refractivity contribution in [2.24, 2.45) is 0 Å². The summed E-state index contributed by atoms with van der Waals surface area (Å²) >= 11 is 5.69. The summed E-state index contributed by atoms with van der Waals surface area (Å²) in [5.41, 5.74) is 1.95. The normalized spacial score (nSPS) is 10.2. The van der Waals surface area contributed by atoms with E-state index in [1.54, 1.807) is 0 Å². The van der Waals surface area contributed by atoms with E-state index < -0.39 is 4.92 Å². The van der Waals surface area contributed by atoms with Gasteiger partial charge in [0, 0.05) is 18.5 Å². The van der Waals surface area contributed by atoms with Crippen molar-refractivity contribution in [2.45, 2.75) is 12.4 Å². The smallest absolute Gasteiger partial charge is 0.287 e. The molecule has 6 nitrogen and oxygen atoms in total. The van der Waals surface area contributed by atoms with E-state index in [4.69, 9.17) is 11.6 Å². The molecule has 2 N–H and O–H groups in total. The van der Waals surface area contributed by atoms with Crippen LogP contribution in [0.4, 0.5) is 5.69 Å². The van der Waals surface area contributed by atoms with Crippen LogP contribution >= 0.6 is 11.6 Å². The minimum Gasteiger partial charge on any atom is -0.351 e. The predicted molar refractivity (Wildman–Crippen MR) is 74.6 cm³/mol. The molecule has 1 heterocycles. The number of hydrogen-bond donors (Lipinski definition) is 2. The van der Waals surface area contributed by atoms with E-state index in [1.165, 1.54) is 12.3 Å². The third kappa shape index (κ3) is 3.36. The standard InChI is InChI=1S/C13H12ClN3O3/c14-6-9-1-3-10(4-2-9)7-16-13(18)12-5-11(8-15-12)17(19)20/h1-5,8,15H,6-7H2,(H,16,18). The van der Waals surface area contributed by atoms with Crippen molar-refractivity contribution in [3.05, 3.63) is 63.5 Å².